The van der Waals surface area contributed by atoms with Gasteiger partial charge in [0.2, 0.25) is 0 Å². The summed E-state index contributed by atoms with van der Waals surface area (Å²) >= 11 is 0. The lowest BCUT2D eigenvalue weighted by Gasteiger charge is -2.39. The number of hydrogen-bond acceptors (Lipinski definition) is 7. The summed E-state index contributed by atoms with van der Waals surface area (Å²) in [5.41, 5.74) is 0. The standard InChI is InChI=1S/C18H34O7/c1-3-4-5-6-7-8-9-10-11-14(19)24-12-13-15(20)16(21)17(22)18(23-2)25-13/h13,15-18,20-22H,3-12H2,1-2H3/t13-,15-,16+,17-,18-/m1/s1. The Morgan fingerprint density at radius 2 is 1.52 bits per heavy atom. The second kappa shape index (κ2) is 12.6. The first-order valence-electron chi connectivity index (χ1n) is 9.39. The second-order valence-corrected chi connectivity index (χ2v) is 6.66. The minimum Gasteiger partial charge on any atom is -0.463 e. The third-order valence-corrected chi connectivity index (χ3v) is 4.54. The molecule has 0 aromatic carbocycles. The maximum atomic E-state index is 11.8. The van der Waals surface area contributed by atoms with E-state index >= 15 is 0 Å². The topological polar surface area (TPSA) is 105 Å². The predicted octanol–water partition coefficient (Wildman–Crippen LogP) is 1.51. The van der Waals surface area contributed by atoms with E-state index in [4.69, 9.17) is 14.2 Å². The minimum absolute atomic E-state index is 0.180. The van der Waals surface area contributed by atoms with Crippen LogP contribution >= 0.6 is 0 Å². The van der Waals surface area contributed by atoms with Crippen LogP contribution in [0.4, 0.5) is 0 Å². The molecule has 0 amide bonds. The highest BCUT2D eigenvalue weighted by atomic mass is 16.7. The molecule has 1 aliphatic rings. The van der Waals surface area contributed by atoms with Crippen LogP contribution in [-0.2, 0) is 19.0 Å². The number of esters is 1. The molecule has 1 heterocycles. The zero-order valence-corrected chi connectivity index (χ0v) is 15.4. The largest absolute Gasteiger partial charge is 0.463 e. The van der Waals surface area contributed by atoms with Crippen LogP contribution in [0.1, 0.15) is 64.7 Å². The Morgan fingerprint density at radius 1 is 0.920 bits per heavy atom. The molecule has 0 bridgehead atoms. The number of ether oxygens (including phenoxy) is 3. The molecule has 1 aliphatic heterocycles. The summed E-state index contributed by atoms with van der Waals surface area (Å²) in [6.45, 7) is 2.02. The van der Waals surface area contributed by atoms with Crippen LogP contribution in [0.3, 0.4) is 0 Å². The lowest BCUT2D eigenvalue weighted by molar-refractivity contribution is -0.295. The fraction of sp³-hybridized carbons (Fsp3) is 0.944. The van der Waals surface area contributed by atoms with Gasteiger partial charge in [-0.2, -0.15) is 0 Å². The molecule has 0 radical (unpaired) electrons. The van der Waals surface area contributed by atoms with Gasteiger partial charge in [0, 0.05) is 13.5 Å². The molecule has 0 aliphatic carbocycles. The van der Waals surface area contributed by atoms with Crippen LogP contribution in [0.2, 0.25) is 0 Å². The van der Waals surface area contributed by atoms with Crippen LogP contribution in [0.15, 0.2) is 0 Å². The minimum atomic E-state index is -1.41. The SMILES string of the molecule is CCCCCCCCCCC(=O)OC[C@H]1O[C@@H](OC)[C@H](O)[C@@H](O)[C@@H]1O. The van der Waals surface area contributed by atoms with Crippen molar-refractivity contribution >= 4 is 5.97 Å². The van der Waals surface area contributed by atoms with E-state index in [1.165, 1.54) is 39.2 Å². The number of aliphatic hydroxyl groups is 3. The van der Waals surface area contributed by atoms with Crippen molar-refractivity contribution in [2.45, 2.75) is 95.4 Å². The molecule has 0 saturated carbocycles. The van der Waals surface area contributed by atoms with Gasteiger partial charge in [0.15, 0.2) is 6.29 Å². The molecule has 0 aromatic heterocycles. The third-order valence-electron chi connectivity index (χ3n) is 4.54. The van der Waals surface area contributed by atoms with Crippen molar-refractivity contribution in [3.8, 4) is 0 Å². The molecule has 7 heteroatoms. The Hall–Kier alpha value is -0.730. The van der Waals surface area contributed by atoms with Crippen molar-refractivity contribution in [2.75, 3.05) is 13.7 Å². The first-order chi connectivity index (χ1) is 12.0. The summed E-state index contributed by atoms with van der Waals surface area (Å²) in [4.78, 5) is 11.8. The van der Waals surface area contributed by atoms with Crippen molar-refractivity contribution in [3.05, 3.63) is 0 Å². The quantitative estimate of drug-likeness (QED) is 0.357. The summed E-state index contributed by atoms with van der Waals surface area (Å²) < 4.78 is 15.3. The molecule has 0 spiro atoms. The highest BCUT2D eigenvalue weighted by Crippen LogP contribution is 2.22. The number of aliphatic hydroxyl groups excluding tert-OH is 3. The van der Waals surface area contributed by atoms with Gasteiger partial charge in [-0.15, -0.1) is 0 Å². The number of rotatable bonds is 12. The van der Waals surface area contributed by atoms with Crippen LogP contribution < -0.4 is 0 Å². The fourth-order valence-corrected chi connectivity index (χ4v) is 2.90. The zero-order valence-electron chi connectivity index (χ0n) is 15.4. The average molecular weight is 362 g/mol. The normalized spacial score (nSPS) is 29.6. The molecule has 25 heavy (non-hydrogen) atoms. The van der Waals surface area contributed by atoms with E-state index in [9.17, 15) is 20.1 Å². The summed E-state index contributed by atoms with van der Waals surface area (Å²) in [6.07, 6.45) is 3.44. The maximum absolute atomic E-state index is 11.8. The van der Waals surface area contributed by atoms with Crippen molar-refractivity contribution in [1.82, 2.24) is 0 Å². The average Bonchev–Trinajstić information content (AvgIpc) is 2.61. The molecule has 0 unspecified atom stereocenters. The van der Waals surface area contributed by atoms with Crippen LogP contribution in [0, 0.1) is 0 Å². The zero-order chi connectivity index (χ0) is 18.7. The Labute approximate surface area is 150 Å². The van der Waals surface area contributed by atoms with E-state index in [0.29, 0.717) is 6.42 Å². The molecule has 1 rings (SSSR count). The van der Waals surface area contributed by atoms with Gasteiger partial charge >= 0.3 is 5.97 Å². The van der Waals surface area contributed by atoms with E-state index in [2.05, 4.69) is 6.92 Å². The van der Waals surface area contributed by atoms with E-state index in [-0.39, 0.29) is 12.6 Å². The number of carbonyl (C=O) groups excluding carboxylic acids is 1. The summed E-state index contributed by atoms with van der Waals surface area (Å²) in [7, 11) is 1.32. The highest BCUT2D eigenvalue weighted by molar-refractivity contribution is 5.69. The number of hydrogen-bond donors (Lipinski definition) is 3. The number of carbonyl (C=O) groups is 1. The summed E-state index contributed by atoms with van der Waals surface area (Å²) in [6, 6.07) is 0. The number of unbranched alkanes of at least 4 members (excludes halogenated alkanes) is 7. The Kier molecular flexibility index (Phi) is 11.2. The number of methoxy groups -OCH3 is 1. The lowest BCUT2D eigenvalue weighted by Crippen LogP contribution is -2.59. The molecule has 7 nitrogen and oxygen atoms in total. The van der Waals surface area contributed by atoms with Crippen LogP contribution in [-0.4, -0.2) is 65.7 Å². The molecule has 5 atom stereocenters. The van der Waals surface area contributed by atoms with Crippen molar-refractivity contribution in [3.63, 3.8) is 0 Å². The Bertz CT molecular complexity index is 361. The lowest BCUT2D eigenvalue weighted by atomic mass is 9.99. The molecular formula is C18H34O7. The van der Waals surface area contributed by atoms with E-state index in [1.54, 1.807) is 0 Å². The Morgan fingerprint density at radius 3 is 2.12 bits per heavy atom. The van der Waals surface area contributed by atoms with Gasteiger partial charge in [-0.1, -0.05) is 51.9 Å². The molecule has 1 saturated heterocycles. The first kappa shape index (κ1) is 22.3. The third kappa shape index (κ3) is 8.00. The van der Waals surface area contributed by atoms with E-state index < -0.39 is 30.7 Å². The molecule has 1 fully saturated rings. The highest BCUT2D eigenvalue weighted by Gasteiger charge is 2.44. The van der Waals surface area contributed by atoms with Crippen molar-refractivity contribution in [1.29, 1.82) is 0 Å². The molecule has 148 valence electrons. The maximum Gasteiger partial charge on any atom is 0.305 e. The monoisotopic (exact) mass is 362 g/mol. The molecular weight excluding hydrogens is 328 g/mol. The van der Waals surface area contributed by atoms with Gasteiger partial charge in [0.25, 0.3) is 0 Å². The van der Waals surface area contributed by atoms with Crippen LogP contribution in [0.5, 0.6) is 0 Å². The van der Waals surface area contributed by atoms with E-state index in [1.807, 2.05) is 0 Å². The van der Waals surface area contributed by atoms with Crippen molar-refractivity contribution < 1.29 is 34.3 Å². The van der Waals surface area contributed by atoms with Gasteiger partial charge in [-0.05, 0) is 6.42 Å². The molecule has 0 aromatic rings. The van der Waals surface area contributed by atoms with Gasteiger partial charge < -0.3 is 29.5 Å². The van der Waals surface area contributed by atoms with Gasteiger partial charge in [-0.3, -0.25) is 4.79 Å². The van der Waals surface area contributed by atoms with Crippen molar-refractivity contribution in [2.24, 2.45) is 0 Å². The van der Waals surface area contributed by atoms with Crippen LogP contribution in [0.25, 0.3) is 0 Å². The second-order valence-electron chi connectivity index (χ2n) is 6.66. The first-order valence-corrected chi connectivity index (χ1v) is 9.39. The van der Waals surface area contributed by atoms with Gasteiger partial charge in [0.05, 0.1) is 0 Å². The summed E-state index contributed by atoms with van der Waals surface area (Å²) in [5, 5.41) is 29.3. The smallest absolute Gasteiger partial charge is 0.305 e. The van der Waals surface area contributed by atoms with E-state index in [0.717, 1.165) is 19.3 Å². The fourth-order valence-electron chi connectivity index (χ4n) is 2.90. The Balaban J connectivity index is 2.14. The predicted molar refractivity (Wildman–Crippen MR) is 91.9 cm³/mol. The van der Waals surface area contributed by atoms with Gasteiger partial charge in [0.1, 0.15) is 31.0 Å². The summed E-state index contributed by atoms with van der Waals surface area (Å²) in [5.74, 6) is -0.351. The molecule has 3 N–H and O–H groups in total. The van der Waals surface area contributed by atoms with Gasteiger partial charge in [-0.25, -0.2) is 0 Å².